The zero-order chi connectivity index (χ0) is 13.7. The quantitative estimate of drug-likeness (QED) is 0.695. The molecule has 5 nitrogen and oxygen atoms in total. The molecule has 2 atom stereocenters. The van der Waals surface area contributed by atoms with Gasteiger partial charge in [-0.15, -0.1) is 0 Å². The fourth-order valence-corrected chi connectivity index (χ4v) is 2.15. The van der Waals surface area contributed by atoms with Crippen LogP contribution < -0.4 is 16.4 Å². The van der Waals surface area contributed by atoms with Gasteiger partial charge in [0.15, 0.2) is 0 Å². The maximum Gasteiger partial charge on any atom is 0.237 e. The van der Waals surface area contributed by atoms with E-state index in [0.717, 1.165) is 12.0 Å². The third kappa shape index (κ3) is 4.06. The van der Waals surface area contributed by atoms with E-state index >= 15 is 0 Å². The molecule has 1 saturated heterocycles. The normalized spacial score (nSPS) is 19.8. The molecule has 19 heavy (non-hydrogen) atoms. The summed E-state index contributed by atoms with van der Waals surface area (Å²) in [6.45, 7) is 0.451. The minimum atomic E-state index is -0.556. The van der Waals surface area contributed by atoms with E-state index in [0.29, 0.717) is 19.4 Å². The highest BCUT2D eigenvalue weighted by atomic mass is 16.2. The number of carbonyl (C=O) groups excluding carboxylic acids is 2. The summed E-state index contributed by atoms with van der Waals surface area (Å²) in [5, 5.41) is 5.59. The van der Waals surface area contributed by atoms with E-state index in [2.05, 4.69) is 10.6 Å². The summed E-state index contributed by atoms with van der Waals surface area (Å²) >= 11 is 0. The molecule has 2 amide bonds. The number of hydrogen-bond acceptors (Lipinski definition) is 3. The number of rotatable bonds is 5. The number of nitrogens with one attached hydrogen (secondary N) is 2. The summed E-state index contributed by atoms with van der Waals surface area (Å²) in [6.07, 6.45) is 1.83. The molecule has 5 heteroatoms. The summed E-state index contributed by atoms with van der Waals surface area (Å²) < 4.78 is 0. The first-order valence-electron chi connectivity index (χ1n) is 6.52. The summed E-state index contributed by atoms with van der Waals surface area (Å²) in [4.78, 5) is 22.9. The van der Waals surface area contributed by atoms with Gasteiger partial charge in [0.2, 0.25) is 11.8 Å². The zero-order valence-electron chi connectivity index (χ0n) is 10.8. The number of benzene rings is 1. The molecule has 1 fully saturated rings. The van der Waals surface area contributed by atoms with Crippen molar-refractivity contribution in [2.75, 3.05) is 6.54 Å². The molecule has 1 aliphatic heterocycles. The molecule has 1 aromatic rings. The van der Waals surface area contributed by atoms with Crippen LogP contribution in [0.25, 0.3) is 0 Å². The number of hydrogen-bond donors (Lipinski definition) is 3. The van der Waals surface area contributed by atoms with Crippen LogP contribution in [0.1, 0.15) is 18.4 Å². The molecule has 1 heterocycles. The molecule has 0 saturated carbocycles. The monoisotopic (exact) mass is 261 g/mol. The van der Waals surface area contributed by atoms with Crippen LogP contribution in [-0.2, 0) is 16.0 Å². The van der Waals surface area contributed by atoms with E-state index in [-0.39, 0.29) is 17.9 Å². The predicted molar refractivity (Wildman–Crippen MR) is 72.3 cm³/mol. The van der Waals surface area contributed by atoms with E-state index in [1.165, 1.54) is 0 Å². The van der Waals surface area contributed by atoms with Gasteiger partial charge in [0.25, 0.3) is 0 Å². The molecule has 2 rings (SSSR count). The Morgan fingerprint density at radius 2 is 2.16 bits per heavy atom. The van der Waals surface area contributed by atoms with Crippen LogP contribution in [0.5, 0.6) is 0 Å². The highest BCUT2D eigenvalue weighted by Crippen LogP contribution is 2.05. The Morgan fingerprint density at radius 1 is 1.42 bits per heavy atom. The van der Waals surface area contributed by atoms with E-state index in [4.69, 9.17) is 5.73 Å². The summed E-state index contributed by atoms with van der Waals surface area (Å²) in [7, 11) is 0. The second-order valence-corrected chi connectivity index (χ2v) is 4.84. The first kappa shape index (κ1) is 13.5. The Labute approximate surface area is 112 Å². The van der Waals surface area contributed by atoms with Gasteiger partial charge in [-0.05, 0) is 18.4 Å². The van der Waals surface area contributed by atoms with Gasteiger partial charge < -0.3 is 16.4 Å². The molecular weight excluding hydrogens is 242 g/mol. The predicted octanol–water partition coefficient (Wildman–Crippen LogP) is -0.0488. The lowest BCUT2D eigenvalue weighted by atomic mass is 10.1. The van der Waals surface area contributed by atoms with Crippen molar-refractivity contribution in [1.29, 1.82) is 0 Å². The van der Waals surface area contributed by atoms with Gasteiger partial charge in [-0.3, -0.25) is 9.59 Å². The van der Waals surface area contributed by atoms with E-state index in [1.807, 2.05) is 30.3 Å². The van der Waals surface area contributed by atoms with E-state index in [9.17, 15) is 9.59 Å². The minimum absolute atomic E-state index is 0.0420. The fourth-order valence-electron chi connectivity index (χ4n) is 2.15. The molecule has 0 bridgehead atoms. The Kier molecular flexibility index (Phi) is 4.52. The van der Waals surface area contributed by atoms with Crippen molar-refractivity contribution in [1.82, 2.24) is 10.6 Å². The lowest BCUT2D eigenvalue weighted by molar-refractivity contribution is -0.123. The average Bonchev–Trinajstić information content (AvgIpc) is 2.83. The van der Waals surface area contributed by atoms with Crippen LogP contribution >= 0.6 is 0 Å². The lowest BCUT2D eigenvalue weighted by Gasteiger charge is -2.15. The standard InChI is InChI=1S/C14H19N3O2/c15-12(8-10-4-2-1-3-5-10)14(19)16-9-11-6-7-13(18)17-11/h1-5,11-12H,6-9,15H2,(H,16,19)(H,17,18)/t11?,12-/m1/s1. The van der Waals surface area contributed by atoms with Crippen molar-refractivity contribution in [3.05, 3.63) is 35.9 Å². The summed E-state index contributed by atoms with van der Waals surface area (Å²) in [6, 6.07) is 9.16. The summed E-state index contributed by atoms with van der Waals surface area (Å²) in [5.41, 5.74) is 6.90. The fraction of sp³-hybridized carbons (Fsp3) is 0.429. The van der Waals surface area contributed by atoms with Crippen molar-refractivity contribution in [2.45, 2.75) is 31.3 Å². The Bertz CT molecular complexity index is 447. The largest absolute Gasteiger partial charge is 0.353 e. The van der Waals surface area contributed by atoms with Gasteiger partial charge in [0, 0.05) is 19.0 Å². The average molecular weight is 261 g/mol. The van der Waals surface area contributed by atoms with Gasteiger partial charge >= 0.3 is 0 Å². The molecule has 1 aromatic carbocycles. The van der Waals surface area contributed by atoms with Crippen LogP contribution in [0.4, 0.5) is 0 Å². The van der Waals surface area contributed by atoms with Gasteiger partial charge in [-0.1, -0.05) is 30.3 Å². The lowest BCUT2D eigenvalue weighted by Crippen LogP contribution is -2.46. The molecule has 102 valence electrons. The van der Waals surface area contributed by atoms with Crippen molar-refractivity contribution in [2.24, 2.45) is 5.73 Å². The maximum absolute atomic E-state index is 11.8. The Morgan fingerprint density at radius 3 is 2.79 bits per heavy atom. The minimum Gasteiger partial charge on any atom is -0.353 e. The topological polar surface area (TPSA) is 84.2 Å². The highest BCUT2D eigenvalue weighted by molar-refractivity contribution is 5.82. The third-order valence-electron chi connectivity index (χ3n) is 3.24. The van der Waals surface area contributed by atoms with Crippen LogP contribution in [0, 0.1) is 0 Å². The van der Waals surface area contributed by atoms with Crippen LogP contribution in [0.3, 0.4) is 0 Å². The second-order valence-electron chi connectivity index (χ2n) is 4.84. The third-order valence-corrected chi connectivity index (χ3v) is 3.24. The number of carbonyl (C=O) groups is 2. The molecule has 1 aliphatic rings. The summed E-state index contributed by atoms with van der Waals surface area (Å²) in [5.74, 6) is -0.127. The van der Waals surface area contributed by atoms with Crippen molar-refractivity contribution < 1.29 is 9.59 Å². The SMILES string of the molecule is N[C@H](Cc1ccccc1)C(=O)NCC1CCC(=O)N1. The van der Waals surface area contributed by atoms with E-state index in [1.54, 1.807) is 0 Å². The van der Waals surface area contributed by atoms with Gasteiger partial charge in [0.1, 0.15) is 0 Å². The van der Waals surface area contributed by atoms with Gasteiger partial charge in [-0.2, -0.15) is 0 Å². The number of amides is 2. The molecule has 0 spiro atoms. The molecule has 0 aliphatic carbocycles. The van der Waals surface area contributed by atoms with Crippen molar-refractivity contribution in [3.8, 4) is 0 Å². The zero-order valence-corrected chi connectivity index (χ0v) is 10.8. The van der Waals surface area contributed by atoms with Crippen LogP contribution in [0.15, 0.2) is 30.3 Å². The van der Waals surface area contributed by atoms with Gasteiger partial charge in [-0.25, -0.2) is 0 Å². The highest BCUT2D eigenvalue weighted by Gasteiger charge is 2.22. The molecule has 4 N–H and O–H groups in total. The maximum atomic E-state index is 11.8. The van der Waals surface area contributed by atoms with E-state index < -0.39 is 6.04 Å². The molecule has 0 aromatic heterocycles. The first-order valence-corrected chi connectivity index (χ1v) is 6.52. The van der Waals surface area contributed by atoms with Crippen LogP contribution in [0.2, 0.25) is 0 Å². The van der Waals surface area contributed by atoms with Gasteiger partial charge in [0.05, 0.1) is 6.04 Å². The second kappa shape index (κ2) is 6.33. The molecular formula is C14H19N3O2. The number of nitrogens with two attached hydrogens (primary N) is 1. The molecule has 1 unspecified atom stereocenters. The van der Waals surface area contributed by atoms with Crippen molar-refractivity contribution in [3.63, 3.8) is 0 Å². The molecule has 0 radical (unpaired) electrons. The Hall–Kier alpha value is -1.88. The van der Waals surface area contributed by atoms with Crippen molar-refractivity contribution >= 4 is 11.8 Å². The first-order chi connectivity index (χ1) is 9.15. The smallest absolute Gasteiger partial charge is 0.237 e. The Balaban J connectivity index is 1.75. The van der Waals surface area contributed by atoms with Crippen LogP contribution in [-0.4, -0.2) is 30.4 Å².